The van der Waals surface area contributed by atoms with Crippen molar-refractivity contribution in [2.45, 2.75) is 24.5 Å². The number of hydrogen-bond donors (Lipinski definition) is 0. The van der Waals surface area contributed by atoms with E-state index in [9.17, 15) is 4.79 Å². The van der Waals surface area contributed by atoms with Crippen LogP contribution in [0.3, 0.4) is 0 Å². The van der Waals surface area contributed by atoms with Gasteiger partial charge in [0.05, 0.1) is 9.59 Å². The maximum absolute atomic E-state index is 11.8. The minimum absolute atomic E-state index is 0.244. The zero-order valence-electron chi connectivity index (χ0n) is 7.66. The molecule has 1 nitrogen and oxygen atoms in total. The van der Waals surface area contributed by atoms with E-state index in [1.54, 1.807) is 11.8 Å². The molecule has 0 radical (unpaired) electrons. The number of thioether (sulfide) groups is 1. The van der Waals surface area contributed by atoms with Gasteiger partial charge in [0.2, 0.25) is 0 Å². The molecule has 0 aromatic carbocycles. The lowest BCUT2D eigenvalue weighted by atomic mass is 10.1. The molecule has 1 saturated heterocycles. The largest absolute Gasteiger partial charge is 0.298 e. The molecule has 0 N–H and O–H groups in total. The maximum Gasteiger partial charge on any atom is 0.150 e. The molecule has 1 unspecified atom stereocenters. The van der Waals surface area contributed by atoms with Gasteiger partial charge in [-0.3, -0.25) is 4.79 Å². The second-order valence-corrected chi connectivity index (χ2v) is 6.26. The van der Waals surface area contributed by atoms with E-state index >= 15 is 0 Å². The van der Waals surface area contributed by atoms with Gasteiger partial charge in [-0.2, -0.15) is 11.8 Å². The summed E-state index contributed by atoms with van der Waals surface area (Å²) >= 11 is 9.10. The number of ketones is 1. The normalized spacial score (nSPS) is 21.4. The number of rotatable bonds is 3. The topological polar surface area (TPSA) is 17.1 Å². The highest BCUT2D eigenvalue weighted by atomic mass is 35.5. The Balaban J connectivity index is 1.93. The van der Waals surface area contributed by atoms with Crippen LogP contribution in [0.2, 0.25) is 4.34 Å². The van der Waals surface area contributed by atoms with Crippen LogP contribution in [0.5, 0.6) is 0 Å². The van der Waals surface area contributed by atoms with Crippen molar-refractivity contribution in [3.05, 3.63) is 21.3 Å². The average Bonchev–Trinajstić information content (AvgIpc) is 2.75. The van der Waals surface area contributed by atoms with Gasteiger partial charge in [-0.1, -0.05) is 11.6 Å². The highest BCUT2D eigenvalue weighted by Crippen LogP contribution is 2.28. The number of hydrogen-bond acceptors (Lipinski definition) is 3. The number of carbonyl (C=O) groups excluding carboxylic acids is 1. The molecular formula is C10H11ClOS2. The van der Waals surface area contributed by atoms with E-state index in [1.807, 2.05) is 11.4 Å². The summed E-state index contributed by atoms with van der Waals surface area (Å²) in [5.74, 6) is 1.50. The Morgan fingerprint density at radius 3 is 3.07 bits per heavy atom. The van der Waals surface area contributed by atoms with Crippen LogP contribution in [0.15, 0.2) is 11.4 Å². The molecule has 0 aliphatic carbocycles. The molecule has 1 atom stereocenters. The lowest BCUT2D eigenvalue weighted by Gasteiger charge is -2.05. The third-order valence-electron chi connectivity index (χ3n) is 2.29. The van der Waals surface area contributed by atoms with E-state index in [-0.39, 0.29) is 5.25 Å². The van der Waals surface area contributed by atoms with Gasteiger partial charge < -0.3 is 0 Å². The molecule has 1 aromatic heterocycles. The van der Waals surface area contributed by atoms with E-state index < -0.39 is 0 Å². The average molecular weight is 247 g/mol. The summed E-state index contributed by atoms with van der Waals surface area (Å²) in [5.41, 5.74) is 1.07. The Hall–Kier alpha value is 0.01000. The molecule has 0 bridgehead atoms. The van der Waals surface area contributed by atoms with Crippen molar-refractivity contribution in [1.29, 1.82) is 0 Å². The summed E-state index contributed by atoms with van der Waals surface area (Å²) in [7, 11) is 0. The molecule has 0 saturated carbocycles. The molecule has 2 rings (SSSR count). The number of Topliss-reactive ketones (excluding diaryl/α,β-unsaturated/α-hetero) is 1. The molecule has 1 aliphatic heterocycles. The predicted molar refractivity (Wildman–Crippen MR) is 63.5 cm³/mol. The second kappa shape index (κ2) is 4.69. The Labute approximate surface area is 96.8 Å². The van der Waals surface area contributed by atoms with Crippen LogP contribution in [0, 0.1) is 0 Å². The fraction of sp³-hybridized carbons (Fsp3) is 0.500. The summed E-state index contributed by atoms with van der Waals surface area (Å²) in [5, 5.41) is 2.22. The first kappa shape index (κ1) is 10.5. The molecule has 1 aromatic rings. The third-order valence-corrected chi connectivity index (χ3v) is 4.85. The summed E-state index contributed by atoms with van der Waals surface area (Å²) in [4.78, 5) is 11.8. The number of carbonyl (C=O) groups is 1. The summed E-state index contributed by atoms with van der Waals surface area (Å²) < 4.78 is 0.770. The van der Waals surface area contributed by atoms with E-state index in [0.717, 1.165) is 22.1 Å². The zero-order chi connectivity index (χ0) is 9.97. The molecular weight excluding hydrogens is 236 g/mol. The van der Waals surface area contributed by atoms with Crippen LogP contribution in [-0.4, -0.2) is 16.8 Å². The van der Waals surface area contributed by atoms with Crippen LogP contribution in [0.1, 0.15) is 18.4 Å². The molecule has 4 heteroatoms. The Kier molecular flexibility index (Phi) is 3.52. The van der Waals surface area contributed by atoms with Crippen LogP contribution in [0.4, 0.5) is 0 Å². The van der Waals surface area contributed by atoms with Crippen molar-refractivity contribution in [3.63, 3.8) is 0 Å². The summed E-state index contributed by atoms with van der Waals surface area (Å²) in [6.45, 7) is 0. The van der Waals surface area contributed by atoms with Gasteiger partial charge in [0.25, 0.3) is 0 Å². The Morgan fingerprint density at radius 1 is 1.64 bits per heavy atom. The standard InChI is InChI=1S/C10H11ClOS2/c11-10-5-7(6-14-10)4-8(12)9-2-1-3-13-9/h5-6,9H,1-4H2. The van der Waals surface area contributed by atoms with Crippen molar-refractivity contribution >= 4 is 40.5 Å². The van der Waals surface area contributed by atoms with Crippen molar-refractivity contribution in [2.75, 3.05) is 5.75 Å². The van der Waals surface area contributed by atoms with E-state index in [2.05, 4.69) is 0 Å². The fourth-order valence-electron chi connectivity index (χ4n) is 1.59. The van der Waals surface area contributed by atoms with Crippen molar-refractivity contribution < 1.29 is 4.79 Å². The molecule has 0 spiro atoms. The smallest absolute Gasteiger partial charge is 0.150 e. The summed E-state index contributed by atoms with van der Waals surface area (Å²) in [6.07, 6.45) is 2.80. The van der Waals surface area contributed by atoms with E-state index in [0.29, 0.717) is 12.2 Å². The molecule has 76 valence electrons. The molecule has 1 fully saturated rings. The quantitative estimate of drug-likeness (QED) is 0.813. The highest BCUT2D eigenvalue weighted by Gasteiger charge is 2.23. The molecule has 14 heavy (non-hydrogen) atoms. The molecule has 1 aliphatic rings. The van der Waals surface area contributed by atoms with Gasteiger partial charge in [-0.05, 0) is 35.6 Å². The first-order chi connectivity index (χ1) is 6.75. The van der Waals surface area contributed by atoms with Gasteiger partial charge in [0.1, 0.15) is 5.78 Å². The van der Waals surface area contributed by atoms with E-state index in [1.165, 1.54) is 17.8 Å². The number of thiophene rings is 1. The summed E-state index contributed by atoms with van der Waals surface area (Å²) in [6, 6.07) is 1.89. The predicted octanol–water partition coefficient (Wildman–Crippen LogP) is 3.41. The highest BCUT2D eigenvalue weighted by molar-refractivity contribution is 8.00. The van der Waals surface area contributed by atoms with Gasteiger partial charge in [-0.25, -0.2) is 0 Å². The number of halogens is 1. The van der Waals surface area contributed by atoms with Gasteiger partial charge in [-0.15, -0.1) is 11.3 Å². The third kappa shape index (κ3) is 2.53. The first-order valence-electron chi connectivity index (χ1n) is 4.63. The van der Waals surface area contributed by atoms with Crippen molar-refractivity contribution in [2.24, 2.45) is 0 Å². The van der Waals surface area contributed by atoms with Crippen LogP contribution in [0.25, 0.3) is 0 Å². The van der Waals surface area contributed by atoms with Gasteiger partial charge in [0, 0.05) is 6.42 Å². The van der Waals surface area contributed by atoms with Gasteiger partial charge >= 0.3 is 0 Å². The lowest BCUT2D eigenvalue weighted by Crippen LogP contribution is -2.15. The second-order valence-electron chi connectivity index (χ2n) is 3.40. The van der Waals surface area contributed by atoms with E-state index in [4.69, 9.17) is 11.6 Å². The zero-order valence-corrected chi connectivity index (χ0v) is 10.1. The minimum Gasteiger partial charge on any atom is -0.298 e. The van der Waals surface area contributed by atoms with Crippen molar-refractivity contribution in [1.82, 2.24) is 0 Å². The maximum atomic E-state index is 11.8. The molecule has 0 amide bonds. The van der Waals surface area contributed by atoms with Crippen molar-refractivity contribution in [3.8, 4) is 0 Å². The fourth-order valence-corrected chi connectivity index (χ4v) is 3.71. The van der Waals surface area contributed by atoms with Gasteiger partial charge in [0.15, 0.2) is 0 Å². The Morgan fingerprint density at radius 2 is 2.50 bits per heavy atom. The lowest BCUT2D eigenvalue weighted by molar-refractivity contribution is -0.117. The van der Waals surface area contributed by atoms with Crippen LogP contribution >= 0.6 is 34.7 Å². The Bertz CT molecular complexity index is 329. The SMILES string of the molecule is O=C(Cc1csc(Cl)c1)C1CCCS1. The monoisotopic (exact) mass is 246 g/mol. The van der Waals surface area contributed by atoms with Crippen LogP contribution < -0.4 is 0 Å². The minimum atomic E-state index is 0.244. The van der Waals surface area contributed by atoms with Crippen LogP contribution in [-0.2, 0) is 11.2 Å². The first-order valence-corrected chi connectivity index (χ1v) is 6.93. The molecule has 2 heterocycles.